The number of aromatic nitrogens is 3. The number of thiazole rings is 1. The van der Waals surface area contributed by atoms with E-state index in [0.717, 1.165) is 20.8 Å². The van der Waals surface area contributed by atoms with E-state index >= 15 is 0 Å². The highest BCUT2D eigenvalue weighted by Gasteiger charge is 2.16. The number of thioether (sulfide) groups is 1. The third-order valence-corrected chi connectivity index (χ3v) is 6.44. The zero-order valence-corrected chi connectivity index (χ0v) is 17.6. The Labute approximate surface area is 179 Å². The van der Waals surface area contributed by atoms with Crippen LogP contribution >= 0.6 is 34.7 Å². The van der Waals surface area contributed by atoms with E-state index in [4.69, 9.17) is 16.7 Å². The molecule has 2 aromatic heterocycles. The van der Waals surface area contributed by atoms with Gasteiger partial charge in [-0.2, -0.15) is 4.68 Å². The number of rotatable bonds is 7. The van der Waals surface area contributed by atoms with Gasteiger partial charge >= 0.3 is 0 Å². The predicted molar refractivity (Wildman–Crippen MR) is 120 cm³/mol. The minimum Gasteiger partial charge on any atom is -0.394 e. The SMILES string of the molecule is O=c1c(C=NCCO)c(CSc2ccc(Cl)cc2)[nH]n1-c1nc2ccccc2s1. The molecule has 0 spiro atoms. The molecule has 0 saturated carbocycles. The summed E-state index contributed by atoms with van der Waals surface area (Å²) in [7, 11) is 0. The summed E-state index contributed by atoms with van der Waals surface area (Å²) < 4.78 is 2.47. The van der Waals surface area contributed by atoms with Crippen molar-refractivity contribution in [2.45, 2.75) is 10.6 Å². The van der Waals surface area contributed by atoms with Gasteiger partial charge in [-0.25, -0.2) is 4.98 Å². The first-order chi connectivity index (χ1) is 14.2. The molecule has 0 aliphatic heterocycles. The van der Waals surface area contributed by atoms with Gasteiger partial charge in [0, 0.05) is 21.9 Å². The van der Waals surface area contributed by atoms with E-state index in [1.165, 1.54) is 22.2 Å². The Morgan fingerprint density at radius 3 is 2.79 bits per heavy atom. The van der Waals surface area contributed by atoms with Gasteiger partial charge in [-0.3, -0.25) is 14.9 Å². The summed E-state index contributed by atoms with van der Waals surface area (Å²) in [5, 5.41) is 13.4. The molecule has 6 nitrogen and oxygen atoms in total. The molecule has 2 N–H and O–H groups in total. The molecule has 0 amide bonds. The minimum atomic E-state index is -0.211. The number of aliphatic hydroxyl groups is 1. The van der Waals surface area contributed by atoms with Crippen LogP contribution in [0.25, 0.3) is 15.3 Å². The third-order valence-electron chi connectivity index (χ3n) is 4.13. The summed E-state index contributed by atoms with van der Waals surface area (Å²) in [4.78, 5) is 22.8. The van der Waals surface area contributed by atoms with Crippen LogP contribution < -0.4 is 5.56 Å². The molecule has 0 atom stereocenters. The van der Waals surface area contributed by atoms with Gasteiger partial charge in [-0.15, -0.1) is 11.8 Å². The fourth-order valence-corrected chi connectivity index (χ4v) is 4.64. The van der Waals surface area contributed by atoms with Crippen molar-refractivity contribution in [1.82, 2.24) is 14.8 Å². The second kappa shape index (κ2) is 8.96. The molecule has 0 bridgehead atoms. The minimum absolute atomic E-state index is 0.0676. The van der Waals surface area contributed by atoms with Gasteiger partial charge in [0.2, 0.25) is 5.13 Å². The Morgan fingerprint density at radius 1 is 1.24 bits per heavy atom. The van der Waals surface area contributed by atoms with E-state index < -0.39 is 0 Å². The van der Waals surface area contributed by atoms with E-state index in [9.17, 15) is 4.79 Å². The number of para-hydroxylation sites is 1. The lowest BCUT2D eigenvalue weighted by Gasteiger charge is -2.01. The number of aromatic amines is 1. The number of fused-ring (bicyclic) bond motifs is 1. The van der Waals surface area contributed by atoms with E-state index in [2.05, 4.69) is 15.1 Å². The molecule has 4 rings (SSSR count). The van der Waals surface area contributed by atoms with Gasteiger partial charge < -0.3 is 5.11 Å². The number of aliphatic imine (C=N–C) groups is 1. The van der Waals surface area contributed by atoms with Crippen molar-refractivity contribution in [2.24, 2.45) is 4.99 Å². The standard InChI is InChI=1S/C20H17ClN4O2S2/c21-13-5-7-14(8-6-13)28-12-17-15(11-22-9-10-26)19(27)25(24-17)20-23-16-3-1-2-4-18(16)29-20/h1-8,11,24,26H,9-10,12H2. The number of benzene rings is 2. The predicted octanol–water partition coefficient (Wildman–Crippen LogP) is 4.13. The monoisotopic (exact) mass is 444 g/mol. The highest BCUT2D eigenvalue weighted by molar-refractivity contribution is 7.98. The third kappa shape index (κ3) is 4.45. The fourth-order valence-electron chi connectivity index (χ4n) is 2.73. The summed E-state index contributed by atoms with van der Waals surface area (Å²) in [5.41, 5.74) is 1.86. The summed E-state index contributed by atoms with van der Waals surface area (Å²) in [6, 6.07) is 15.3. The van der Waals surface area contributed by atoms with E-state index in [-0.39, 0.29) is 18.7 Å². The van der Waals surface area contributed by atoms with E-state index in [1.807, 2.05) is 48.5 Å². The number of hydrogen-bond acceptors (Lipinski definition) is 6. The number of nitrogens with zero attached hydrogens (tertiary/aromatic N) is 3. The largest absolute Gasteiger partial charge is 0.394 e. The van der Waals surface area contributed by atoms with Crippen molar-refractivity contribution in [3.8, 4) is 5.13 Å². The molecule has 0 fully saturated rings. The first kappa shape index (κ1) is 19.9. The van der Waals surface area contributed by atoms with Crippen LogP contribution in [0.15, 0.2) is 63.2 Å². The average molecular weight is 445 g/mol. The molecule has 2 aromatic carbocycles. The summed E-state index contributed by atoms with van der Waals surface area (Å²) in [5.74, 6) is 0.551. The van der Waals surface area contributed by atoms with Crippen LogP contribution in [-0.4, -0.2) is 39.2 Å². The lowest BCUT2D eigenvalue weighted by atomic mass is 10.3. The zero-order valence-electron chi connectivity index (χ0n) is 15.2. The highest BCUT2D eigenvalue weighted by Crippen LogP contribution is 2.26. The molecule has 148 valence electrons. The smallest absolute Gasteiger partial charge is 0.282 e. The molecular formula is C20H17ClN4O2S2. The molecule has 9 heteroatoms. The maximum atomic E-state index is 13.0. The number of aliphatic hydroxyl groups excluding tert-OH is 1. The molecule has 0 unspecified atom stereocenters. The number of H-pyrrole nitrogens is 1. The van der Waals surface area contributed by atoms with Gasteiger partial charge in [-0.1, -0.05) is 35.1 Å². The average Bonchev–Trinajstić information content (AvgIpc) is 3.29. The topological polar surface area (TPSA) is 83.3 Å². The van der Waals surface area contributed by atoms with Crippen LogP contribution in [0.4, 0.5) is 0 Å². The molecule has 4 aromatic rings. The highest BCUT2D eigenvalue weighted by atomic mass is 35.5. The quantitative estimate of drug-likeness (QED) is 0.331. The normalized spacial score (nSPS) is 11.7. The molecule has 0 aliphatic carbocycles. The van der Waals surface area contributed by atoms with Crippen LogP contribution in [0, 0.1) is 0 Å². The maximum Gasteiger partial charge on any atom is 0.282 e. The van der Waals surface area contributed by atoms with Crippen molar-refractivity contribution in [2.75, 3.05) is 13.2 Å². The summed E-state index contributed by atoms with van der Waals surface area (Å²) in [6.45, 7) is 0.178. The summed E-state index contributed by atoms with van der Waals surface area (Å²) >= 11 is 8.98. The Hall–Kier alpha value is -2.39. The Balaban J connectivity index is 1.69. The first-order valence-corrected chi connectivity index (χ1v) is 11.0. The van der Waals surface area contributed by atoms with Crippen molar-refractivity contribution in [1.29, 1.82) is 0 Å². The lowest BCUT2D eigenvalue weighted by Crippen LogP contribution is -2.17. The molecule has 0 aliphatic rings. The second-order valence-corrected chi connectivity index (χ2v) is 8.60. The lowest BCUT2D eigenvalue weighted by molar-refractivity contribution is 0.307. The van der Waals surface area contributed by atoms with E-state index in [0.29, 0.717) is 21.5 Å². The van der Waals surface area contributed by atoms with Crippen molar-refractivity contribution in [3.63, 3.8) is 0 Å². The first-order valence-electron chi connectivity index (χ1n) is 8.84. The zero-order chi connectivity index (χ0) is 20.2. The molecular weight excluding hydrogens is 428 g/mol. The van der Waals surface area contributed by atoms with Crippen molar-refractivity contribution >= 4 is 51.1 Å². The second-order valence-electron chi connectivity index (χ2n) is 6.11. The number of hydrogen-bond donors (Lipinski definition) is 2. The van der Waals surface area contributed by atoms with Crippen LogP contribution in [-0.2, 0) is 5.75 Å². The Morgan fingerprint density at radius 2 is 2.03 bits per heavy atom. The number of nitrogens with one attached hydrogen (secondary N) is 1. The van der Waals surface area contributed by atoms with Gasteiger partial charge in [-0.05, 0) is 36.4 Å². The van der Waals surface area contributed by atoms with Crippen molar-refractivity contribution < 1.29 is 5.11 Å². The number of halogens is 1. The van der Waals surface area contributed by atoms with Crippen LogP contribution in [0.3, 0.4) is 0 Å². The Kier molecular flexibility index (Phi) is 6.15. The van der Waals surface area contributed by atoms with Gasteiger partial charge in [0.15, 0.2) is 0 Å². The molecule has 0 saturated heterocycles. The van der Waals surface area contributed by atoms with Crippen LogP contribution in [0.5, 0.6) is 0 Å². The fraction of sp³-hybridized carbons (Fsp3) is 0.150. The van der Waals surface area contributed by atoms with Gasteiger partial charge in [0.05, 0.1) is 34.6 Å². The van der Waals surface area contributed by atoms with Gasteiger partial charge in [0.25, 0.3) is 5.56 Å². The van der Waals surface area contributed by atoms with Gasteiger partial charge in [0.1, 0.15) is 0 Å². The molecule has 29 heavy (non-hydrogen) atoms. The summed E-state index contributed by atoms with van der Waals surface area (Å²) in [6.07, 6.45) is 1.52. The Bertz CT molecular complexity index is 1180. The van der Waals surface area contributed by atoms with E-state index in [1.54, 1.807) is 11.8 Å². The molecule has 2 heterocycles. The van der Waals surface area contributed by atoms with Crippen LogP contribution in [0.2, 0.25) is 5.02 Å². The van der Waals surface area contributed by atoms with Crippen LogP contribution in [0.1, 0.15) is 11.3 Å². The van der Waals surface area contributed by atoms with Crippen molar-refractivity contribution in [3.05, 3.63) is 75.2 Å². The molecule has 0 radical (unpaired) electrons. The maximum absolute atomic E-state index is 13.0.